The average molecular weight is 405 g/mol. The van der Waals surface area contributed by atoms with Crippen molar-refractivity contribution in [3.8, 4) is 0 Å². The predicted molar refractivity (Wildman–Crippen MR) is 103 cm³/mol. The molecule has 0 unspecified atom stereocenters. The van der Waals surface area contributed by atoms with E-state index < -0.39 is 20.2 Å². The van der Waals surface area contributed by atoms with Gasteiger partial charge in [-0.2, -0.15) is 12.7 Å². The van der Waals surface area contributed by atoms with Crippen LogP contribution in [0.4, 0.5) is 5.69 Å². The molecule has 0 aromatic heterocycles. The van der Waals surface area contributed by atoms with E-state index in [0.29, 0.717) is 12.2 Å². The first kappa shape index (κ1) is 21.1. The van der Waals surface area contributed by atoms with Gasteiger partial charge in [0.15, 0.2) is 0 Å². The summed E-state index contributed by atoms with van der Waals surface area (Å²) in [5.41, 5.74) is 0.307. The molecule has 0 amide bonds. The Kier molecular flexibility index (Phi) is 7.03. The van der Waals surface area contributed by atoms with Gasteiger partial charge in [0.2, 0.25) is 10.0 Å². The summed E-state index contributed by atoms with van der Waals surface area (Å²) in [6, 6.07) is 5.89. The number of likely N-dealkylation sites (tertiary alicyclic amines) is 1. The second kappa shape index (κ2) is 8.66. The first-order chi connectivity index (χ1) is 12.2. The van der Waals surface area contributed by atoms with Gasteiger partial charge in [-0.1, -0.05) is 13.3 Å². The standard InChI is InChI=1S/C16H28N4O4S2/c1-4-20-12-6-5-7-15(20)13-17-25(21,22)16-10-8-14(9-11-16)18-26(23,24)19(2)3/h8-11,15,17-18H,4-7,12-13H2,1-3H3/t15-/m0/s1. The Morgan fingerprint density at radius 2 is 1.77 bits per heavy atom. The summed E-state index contributed by atoms with van der Waals surface area (Å²) < 4.78 is 54.7. The van der Waals surface area contributed by atoms with Crippen molar-refractivity contribution >= 4 is 25.9 Å². The highest BCUT2D eigenvalue weighted by molar-refractivity contribution is 7.90. The average Bonchev–Trinajstić information content (AvgIpc) is 2.60. The molecule has 0 radical (unpaired) electrons. The van der Waals surface area contributed by atoms with Gasteiger partial charge in [-0.3, -0.25) is 9.62 Å². The van der Waals surface area contributed by atoms with Crippen molar-refractivity contribution in [3.05, 3.63) is 24.3 Å². The second-order valence-corrected chi connectivity index (χ2v) is 10.2. The van der Waals surface area contributed by atoms with E-state index in [9.17, 15) is 16.8 Å². The Morgan fingerprint density at radius 3 is 2.35 bits per heavy atom. The van der Waals surface area contributed by atoms with Gasteiger partial charge in [0.05, 0.1) is 4.90 Å². The molecule has 1 aromatic rings. The third-order valence-corrected chi connectivity index (χ3v) is 7.45. The van der Waals surface area contributed by atoms with E-state index >= 15 is 0 Å². The Hall–Kier alpha value is -1.20. The predicted octanol–water partition coefficient (Wildman–Crippen LogP) is 1.06. The third-order valence-electron chi connectivity index (χ3n) is 4.56. The summed E-state index contributed by atoms with van der Waals surface area (Å²) in [6.07, 6.45) is 3.26. The molecule has 1 fully saturated rings. The van der Waals surface area contributed by atoms with Crippen molar-refractivity contribution < 1.29 is 16.8 Å². The zero-order valence-electron chi connectivity index (χ0n) is 15.5. The SMILES string of the molecule is CCN1CCCC[C@H]1CNS(=O)(=O)c1ccc(NS(=O)(=O)N(C)C)cc1. The second-order valence-electron chi connectivity index (χ2n) is 6.54. The van der Waals surface area contributed by atoms with Crippen LogP contribution in [0.3, 0.4) is 0 Å². The fraction of sp³-hybridized carbons (Fsp3) is 0.625. The van der Waals surface area contributed by atoms with Crippen LogP contribution in [-0.4, -0.2) is 65.8 Å². The van der Waals surface area contributed by atoms with Crippen molar-refractivity contribution in [3.63, 3.8) is 0 Å². The molecule has 1 aliphatic heterocycles. The number of piperidine rings is 1. The normalized spacial score (nSPS) is 19.6. The van der Waals surface area contributed by atoms with E-state index in [4.69, 9.17) is 0 Å². The molecule has 8 nitrogen and oxygen atoms in total. The van der Waals surface area contributed by atoms with Gasteiger partial charge in [-0.05, 0) is 50.2 Å². The zero-order chi connectivity index (χ0) is 19.4. The number of rotatable bonds is 8. The van der Waals surface area contributed by atoms with Crippen LogP contribution in [0.5, 0.6) is 0 Å². The lowest BCUT2D eigenvalue weighted by molar-refractivity contribution is 0.158. The molecule has 1 saturated heterocycles. The number of likely N-dealkylation sites (N-methyl/N-ethyl adjacent to an activating group) is 1. The maximum atomic E-state index is 12.5. The lowest BCUT2D eigenvalue weighted by atomic mass is 10.0. The third kappa shape index (κ3) is 5.40. The lowest BCUT2D eigenvalue weighted by Crippen LogP contribution is -2.46. The molecule has 0 spiro atoms. The molecule has 26 heavy (non-hydrogen) atoms. The molecule has 0 bridgehead atoms. The molecule has 1 aliphatic rings. The van der Waals surface area contributed by atoms with Gasteiger partial charge in [0.25, 0.3) is 0 Å². The molecule has 2 rings (SSSR count). The Balaban J connectivity index is 2.02. The van der Waals surface area contributed by atoms with E-state index in [2.05, 4.69) is 21.3 Å². The van der Waals surface area contributed by atoms with Gasteiger partial charge in [0, 0.05) is 32.4 Å². The highest BCUT2D eigenvalue weighted by Gasteiger charge is 2.23. The molecule has 2 N–H and O–H groups in total. The van der Waals surface area contributed by atoms with Crippen LogP contribution < -0.4 is 9.44 Å². The van der Waals surface area contributed by atoms with Crippen LogP contribution >= 0.6 is 0 Å². The molecule has 1 heterocycles. The van der Waals surface area contributed by atoms with Crippen molar-refractivity contribution in [2.24, 2.45) is 0 Å². The molecule has 0 aliphatic carbocycles. The number of benzene rings is 1. The first-order valence-electron chi connectivity index (χ1n) is 8.70. The maximum absolute atomic E-state index is 12.5. The van der Waals surface area contributed by atoms with E-state index in [-0.39, 0.29) is 10.9 Å². The molecule has 1 atom stereocenters. The smallest absolute Gasteiger partial charge is 0.299 e. The van der Waals surface area contributed by atoms with Crippen molar-refractivity contribution in [2.75, 3.05) is 38.5 Å². The van der Waals surface area contributed by atoms with Gasteiger partial charge in [0.1, 0.15) is 0 Å². The van der Waals surface area contributed by atoms with Crippen LogP contribution in [0, 0.1) is 0 Å². The van der Waals surface area contributed by atoms with Gasteiger partial charge >= 0.3 is 10.2 Å². The van der Waals surface area contributed by atoms with E-state index in [1.165, 1.54) is 38.4 Å². The molecular formula is C16H28N4O4S2. The summed E-state index contributed by atoms with van der Waals surface area (Å²) in [7, 11) is -4.43. The molecular weight excluding hydrogens is 376 g/mol. The van der Waals surface area contributed by atoms with Crippen LogP contribution in [0.15, 0.2) is 29.2 Å². The zero-order valence-corrected chi connectivity index (χ0v) is 17.1. The van der Waals surface area contributed by atoms with Crippen LogP contribution in [0.1, 0.15) is 26.2 Å². The highest BCUT2D eigenvalue weighted by Crippen LogP contribution is 2.18. The molecule has 148 valence electrons. The van der Waals surface area contributed by atoms with Crippen molar-refractivity contribution in [1.29, 1.82) is 0 Å². The first-order valence-corrected chi connectivity index (χ1v) is 11.6. The fourth-order valence-corrected chi connectivity index (χ4v) is 4.63. The Bertz CT molecular complexity index is 792. The summed E-state index contributed by atoms with van der Waals surface area (Å²) in [6.45, 7) is 4.38. The number of nitrogens with one attached hydrogen (secondary N) is 2. The monoisotopic (exact) mass is 404 g/mol. The summed E-state index contributed by atoms with van der Waals surface area (Å²) in [5.74, 6) is 0. The van der Waals surface area contributed by atoms with Crippen molar-refractivity contribution in [2.45, 2.75) is 37.1 Å². The van der Waals surface area contributed by atoms with E-state index in [1.54, 1.807) is 0 Å². The van der Waals surface area contributed by atoms with E-state index in [1.807, 2.05) is 0 Å². The quantitative estimate of drug-likeness (QED) is 0.675. The largest absolute Gasteiger partial charge is 0.301 e. The van der Waals surface area contributed by atoms with E-state index in [0.717, 1.165) is 36.7 Å². The minimum Gasteiger partial charge on any atom is -0.299 e. The minimum absolute atomic E-state index is 0.115. The molecule has 1 aromatic carbocycles. The Labute approximate surface area is 156 Å². The lowest BCUT2D eigenvalue weighted by Gasteiger charge is -2.34. The van der Waals surface area contributed by atoms with Gasteiger partial charge in [-0.15, -0.1) is 0 Å². The van der Waals surface area contributed by atoms with Gasteiger partial charge in [-0.25, -0.2) is 13.1 Å². The molecule has 0 saturated carbocycles. The number of hydrogen-bond acceptors (Lipinski definition) is 5. The molecule has 10 heteroatoms. The summed E-state index contributed by atoms with van der Waals surface area (Å²) in [4.78, 5) is 2.41. The number of hydrogen-bond donors (Lipinski definition) is 2. The minimum atomic E-state index is -3.63. The summed E-state index contributed by atoms with van der Waals surface area (Å²) >= 11 is 0. The summed E-state index contributed by atoms with van der Waals surface area (Å²) in [5, 5.41) is 0. The van der Waals surface area contributed by atoms with Crippen LogP contribution in [-0.2, 0) is 20.2 Å². The van der Waals surface area contributed by atoms with Crippen molar-refractivity contribution in [1.82, 2.24) is 13.9 Å². The topological polar surface area (TPSA) is 98.8 Å². The van der Waals surface area contributed by atoms with Crippen LogP contribution in [0.25, 0.3) is 0 Å². The highest BCUT2D eigenvalue weighted by atomic mass is 32.2. The number of sulfonamides is 1. The maximum Gasteiger partial charge on any atom is 0.301 e. The number of nitrogens with zero attached hydrogens (tertiary/aromatic N) is 2. The van der Waals surface area contributed by atoms with Gasteiger partial charge < -0.3 is 0 Å². The van der Waals surface area contributed by atoms with Crippen LogP contribution in [0.2, 0.25) is 0 Å². The number of anilines is 1. The Morgan fingerprint density at radius 1 is 1.12 bits per heavy atom. The fourth-order valence-electron chi connectivity index (χ4n) is 2.94.